The van der Waals surface area contributed by atoms with Crippen molar-refractivity contribution in [3.8, 4) is 0 Å². The third-order valence-corrected chi connectivity index (χ3v) is 3.52. The minimum absolute atomic E-state index is 0.141. The van der Waals surface area contributed by atoms with Crippen LogP contribution in [0.2, 0.25) is 10.0 Å². The predicted octanol–water partition coefficient (Wildman–Crippen LogP) is 3.01. The Morgan fingerprint density at radius 1 is 1.35 bits per heavy atom. The van der Waals surface area contributed by atoms with E-state index < -0.39 is 0 Å². The number of hydrogen-bond donors (Lipinski definition) is 1. The molecule has 1 aromatic carbocycles. The molecule has 0 atom stereocenters. The van der Waals surface area contributed by atoms with Gasteiger partial charge in [0.05, 0.1) is 5.69 Å². The Balaban J connectivity index is 1.93. The van der Waals surface area contributed by atoms with Gasteiger partial charge in [0.15, 0.2) is 0 Å². The number of nitrogens with one attached hydrogen (secondary N) is 1. The van der Waals surface area contributed by atoms with E-state index in [9.17, 15) is 4.79 Å². The summed E-state index contributed by atoms with van der Waals surface area (Å²) in [6.07, 6.45) is 0.651. The second-order valence-electron chi connectivity index (χ2n) is 4.54. The van der Waals surface area contributed by atoms with Gasteiger partial charge in [0, 0.05) is 23.6 Å². The molecule has 1 N–H and O–H groups in total. The molecule has 0 spiro atoms. The molecule has 20 heavy (non-hydrogen) atoms. The summed E-state index contributed by atoms with van der Waals surface area (Å²) in [6.45, 7) is 2.36. The fraction of sp³-hybridized carbons (Fsp3) is 0.286. The minimum atomic E-state index is -0.141. The van der Waals surface area contributed by atoms with E-state index in [0.717, 1.165) is 11.3 Å². The van der Waals surface area contributed by atoms with Gasteiger partial charge in [-0.2, -0.15) is 5.10 Å². The zero-order valence-corrected chi connectivity index (χ0v) is 12.8. The van der Waals surface area contributed by atoms with Crippen LogP contribution in [0.25, 0.3) is 0 Å². The van der Waals surface area contributed by atoms with Gasteiger partial charge in [-0.05, 0) is 37.1 Å². The van der Waals surface area contributed by atoms with Crippen LogP contribution in [0.3, 0.4) is 0 Å². The van der Waals surface area contributed by atoms with Crippen LogP contribution >= 0.6 is 23.2 Å². The van der Waals surface area contributed by atoms with Crippen molar-refractivity contribution >= 4 is 29.1 Å². The fourth-order valence-electron chi connectivity index (χ4n) is 1.95. The summed E-state index contributed by atoms with van der Waals surface area (Å²) in [5.74, 6) is -0.141. The second-order valence-corrected chi connectivity index (χ2v) is 5.38. The molecule has 106 valence electrons. The summed E-state index contributed by atoms with van der Waals surface area (Å²) >= 11 is 11.9. The average molecular weight is 312 g/mol. The summed E-state index contributed by atoms with van der Waals surface area (Å²) in [5.41, 5.74) is 2.32. The summed E-state index contributed by atoms with van der Waals surface area (Å²) < 4.78 is 1.57. The molecule has 2 rings (SSSR count). The minimum Gasteiger partial charge on any atom is -0.350 e. The summed E-state index contributed by atoms with van der Waals surface area (Å²) in [7, 11) is 1.75. The normalized spacial score (nSPS) is 10.6. The van der Waals surface area contributed by atoms with Crippen molar-refractivity contribution in [2.45, 2.75) is 13.3 Å². The van der Waals surface area contributed by atoms with Gasteiger partial charge in [0.1, 0.15) is 5.69 Å². The SMILES string of the molecule is Cc1cc(C(=O)NCCc2ccc(Cl)cc2Cl)n(C)n1. The zero-order chi connectivity index (χ0) is 14.7. The molecule has 1 heterocycles. The van der Waals surface area contributed by atoms with Crippen LogP contribution in [0, 0.1) is 6.92 Å². The van der Waals surface area contributed by atoms with Gasteiger partial charge in [-0.3, -0.25) is 9.48 Å². The lowest BCUT2D eigenvalue weighted by Crippen LogP contribution is -2.27. The van der Waals surface area contributed by atoms with Crippen molar-refractivity contribution in [2.24, 2.45) is 7.05 Å². The van der Waals surface area contributed by atoms with Crippen LogP contribution in [0.5, 0.6) is 0 Å². The van der Waals surface area contributed by atoms with Gasteiger partial charge < -0.3 is 5.32 Å². The van der Waals surface area contributed by atoms with Crippen LogP contribution in [0.1, 0.15) is 21.7 Å². The molecular weight excluding hydrogens is 297 g/mol. The Morgan fingerprint density at radius 3 is 2.70 bits per heavy atom. The maximum absolute atomic E-state index is 12.0. The van der Waals surface area contributed by atoms with Crippen molar-refractivity contribution in [3.05, 3.63) is 51.3 Å². The highest BCUT2D eigenvalue weighted by Gasteiger charge is 2.11. The monoisotopic (exact) mass is 311 g/mol. The highest BCUT2D eigenvalue weighted by atomic mass is 35.5. The molecule has 0 saturated heterocycles. The third-order valence-electron chi connectivity index (χ3n) is 2.93. The third kappa shape index (κ3) is 3.52. The van der Waals surface area contributed by atoms with Gasteiger partial charge in [-0.1, -0.05) is 29.3 Å². The topological polar surface area (TPSA) is 46.9 Å². The van der Waals surface area contributed by atoms with E-state index in [2.05, 4.69) is 10.4 Å². The van der Waals surface area contributed by atoms with Crippen LogP contribution in [-0.4, -0.2) is 22.2 Å². The van der Waals surface area contributed by atoms with E-state index in [-0.39, 0.29) is 5.91 Å². The van der Waals surface area contributed by atoms with Crippen LogP contribution in [-0.2, 0) is 13.5 Å². The highest BCUT2D eigenvalue weighted by Crippen LogP contribution is 2.21. The smallest absolute Gasteiger partial charge is 0.269 e. The van der Waals surface area contributed by atoms with E-state index in [4.69, 9.17) is 23.2 Å². The first-order valence-electron chi connectivity index (χ1n) is 6.20. The molecule has 0 bridgehead atoms. The predicted molar refractivity (Wildman–Crippen MR) is 80.4 cm³/mol. The number of hydrogen-bond acceptors (Lipinski definition) is 2. The van der Waals surface area contributed by atoms with E-state index in [0.29, 0.717) is 28.7 Å². The van der Waals surface area contributed by atoms with Crippen molar-refractivity contribution in [3.63, 3.8) is 0 Å². The molecule has 0 aliphatic rings. The molecular formula is C14H15Cl2N3O. The van der Waals surface area contributed by atoms with Crippen LogP contribution in [0.4, 0.5) is 0 Å². The molecule has 6 heteroatoms. The standard InChI is InChI=1S/C14H15Cl2N3O/c1-9-7-13(19(2)18-9)14(20)17-6-5-10-3-4-11(15)8-12(10)16/h3-4,7-8H,5-6H2,1-2H3,(H,17,20). The number of aromatic nitrogens is 2. The Bertz CT molecular complexity index is 637. The summed E-state index contributed by atoms with van der Waals surface area (Å²) in [5, 5.41) is 8.21. The maximum Gasteiger partial charge on any atom is 0.269 e. The zero-order valence-electron chi connectivity index (χ0n) is 11.3. The Kier molecular flexibility index (Phi) is 4.68. The lowest BCUT2D eigenvalue weighted by molar-refractivity contribution is 0.0944. The molecule has 0 aliphatic heterocycles. The number of amides is 1. The number of carbonyl (C=O) groups is 1. The van der Waals surface area contributed by atoms with E-state index in [1.54, 1.807) is 29.9 Å². The quantitative estimate of drug-likeness (QED) is 0.943. The number of carbonyl (C=O) groups excluding carboxylic acids is 1. The van der Waals surface area contributed by atoms with Gasteiger partial charge in [-0.15, -0.1) is 0 Å². The number of aryl methyl sites for hydroxylation is 2. The highest BCUT2D eigenvalue weighted by molar-refractivity contribution is 6.35. The number of benzene rings is 1. The second kappa shape index (κ2) is 6.29. The van der Waals surface area contributed by atoms with E-state index in [1.807, 2.05) is 13.0 Å². The lowest BCUT2D eigenvalue weighted by Gasteiger charge is -2.07. The Morgan fingerprint density at radius 2 is 2.10 bits per heavy atom. The van der Waals surface area contributed by atoms with Gasteiger partial charge >= 0.3 is 0 Å². The Hall–Kier alpha value is -1.52. The molecule has 2 aromatic rings. The molecule has 0 fully saturated rings. The molecule has 1 aromatic heterocycles. The van der Waals surface area contributed by atoms with Gasteiger partial charge in [0.25, 0.3) is 5.91 Å². The fourth-order valence-corrected chi connectivity index (χ4v) is 2.45. The first-order valence-corrected chi connectivity index (χ1v) is 6.95. The molecule has 0 unspecified atom stereocenters. The van der Waals surface area contributed by atoms with Gasteiger partial charge in [0.2, 0.25) is 0 Å². The first-order chi connectivity index (χ1) is 9.47. The summed E-state index contributed by atoms with van der Waals surface area (Å²) in [4.78, 5) is 12.0. The largest absolute Gasteiger partial charge is 0.350 e. The van der Waals surface area contributed by atoms with Crippen LogP contribution in [0.15, 0.2) is 24.3 Å². The molecule has 4 nitrogen and oxygen atoms in total. The molecule has 0 aliphatic carbocycles. The van der Waals surface area contributed by atoms with Crippen molar-refractivity contribution in [1.29, 1.82) is 0 Å². The van der Waals surface area contributed by atoms with E-state index >= 15 is 0 Å². The van der Waals surface area contributed by atoms with Crippen molar-refractivity contribution < 1.29 is 4.79 Å². The average Bonchev–Trinajstić information content (AvgIpc) is 2.71. The van der Waals surface area contributed by atoms with Crippen molar-refractivity contribution in [1.82, 2.24) is 15.1 Å². The molecule has 1 amide bonds. The van der Waals surface area contributed by atoms with E-state index in [1.165, 1.54) is 0 Å². The maximum atomic E-state index is 12.0. The molecule has 0 radical (unpaired) electrons. The number of nitrogens with zero attached hydrogens (tertiary/aromatic N) is 2. The number of halogens is 2. The van der Waals surface area contributed by atoms with Gasteiger partial charge in [-0.25, -0.2) is 0 Å². The van der Waals surface area contributed by atoms with Crippen LogP contribution < -0.4 is 5.32 Å². The Labute approximate surface area is 127 Å². The van der Waals surface area contributed by atoms with Crippen molar-refractivity contribution in [2.75, 3.05) is 6.54 Å². The number of rotatable bonds is 4. The lowest BCUT2D eigenvalue weighted by atomic mass is 10.1. The summed E-state index contributed by atoms with van der Waals surface area (Å²) in [6, 6.07) is 7.11. The first kappa shape index (κ1) is 14.9. The molecule has 0 saturated carbocycles.